The van der Waals surface area contributed by atoms with Crippen LogP contribution in [0.5, 0.6) is 0 Å². The van der Waals surface area contributed by atoms with Crippen molar-refractivity contribution in [2.45, 2.75) is 63.4 Å². The monoisotopic (exact) mass is 376 g/mol. The van der Waals surface area contributed by atoms with E-state index >= 15 is 0 Å². The Hall–Kier alpha value is -2.02. The Morgan fingerprint density at radius 3 is 2.62 bits per heavy atom. The first-order valence-electron chi connectivity index (χ1n) is 9.16. The van der Waals surface area contributed by atoms with E-state index in [1.807, 2.05) is 32.0 Å². The van der Waals surface area contributed by atoms with E-state index in [1.165, 1.54) is 31.0 Å². The van der Waals surface area contributed by atoms with Crippen LogP contribution in [0.15, 0.2) is 29.4 Å². The summed E-state index contributed by atoms with van der Waals surface area (Å²) >= 11 is 1.40. The van der Waals surface area contributed by atoms with Crippen molar-refractivity contribution in [3.63, 3.8) is 0 Å². The highest BCUT2D eigenvalue weighted by Gasteiger charge is 2.27. The Labute approximate surface area is 158 Å². The normalized spacial score (nSPS) is 12.5. The molecule has 0 saturated carbocycles. The number of carbonyl (C=O) groups is 2. The van der Waals surface area contributed by atoms with Gasteiger partial charge in [0.05, 0.1) is 16.3 Å². The molecule has 26 heavy (non-hydrogen) atoms. The molecule has 0 unspecified atom stereocenters. The summed E-state index contributed by atoms with van der Waals surface area (Å²) in [4.78, 5) is 28.1. The van der Waals surface area contributed by atoms with E-state index < -0.39 is 11.3 Å². The fourth-order valence-corrected chi connectivity index (χ4v) is 3.99. The van der Waals surface area contributed by atoms with Gasteiger partial charge >= 0.3 is 6.03 Å². The Morgan fingerprint density at radius 1 is 1.23 bits per heavy atom. The fraction of sp³-hybridized carbons (Fsp3) is 0.526. The largest absolute Gasteiger partial charge is 0.351 e. The van der Waals surface area contributed by atoms with Crippen LogP contribution < -0.4 is 11.1 Å². The zero-order chi connectivity index (χ0) is 19.1. The molecular weight excluding hydrogens is 348 g/mol. The lowest BCUT2D eigenvalue weighted by Crippen LogP contribution is -2.42. The molecule has 1 aromatic heterocycles. The standard InChI is InChI=1S/C19H28N4O2S/c1-4-5-6-9-12-23-15-11-8-7-10-14(15)21-19(23)26-16(13(2)3)17(24)22-18(20)25/h7-8,10-11,13,16H,4-6,9,12H2,1-3H3,(H3,20,22,24,25)/t16-/m0/s1. The molecular formula is C19H28N4O2S. The molecule has 3 N–H and O–H groups in total. The van der Waals surface area contributed by atoms with Crippen LogP contribution in [-0.4, -0.2) is 26.7 Å². The Kier molecular flexibility index (Phi) is 7.50. The molecule has 6 nitrogen and oxygen atoms in total. The quantitative estimate of drug-likeness (QED) is 0.512. The molecule has 2 aromatic rings. The number of nitrogens with zero attached hydrogens (tertiary/aromatic N) is 2. The third kappa shape index (κ3) is 5.24. The minimum absolute atomic E-state index is 0.0349. The lowest BCUT2D eigenvalue weighted by atomic mass is 10.1. The molecule has 0 bridgehead atoms. The zero-order valence-electron chi connectivity index (χ0n) is 15.7. The van der Waals surface area contributed by atoms with Crippen LogP contribution in [-0.2, 0) is 11.3 Å². The number of urea groups is 1. The Bertz CT molecular complexity index is 757. The van der Waals surface area contributed by atoms with Gasteiger partial charge in [0.25, 0.3) is 0 Å². The van der Waals surface area contributed by atoms with Crippen LogP contribution in [0.2, 0.25) is 0 Å². The van der Waals surface area contributed by atoms with Crippen molar-refractivity contribution in [2.24, 2.45) is 11.7 Å². The second-order valence-electron chi connectivity index (χ2n) is 6.73. The number of benzene rings is 1. The summed E-state index contributed by atoms with van der Waals surface area (Å²) in [5, 5.41) is 2.57. The third-order valence-electron chi connectivity index (χ3n) is 4.20. The van der Waals surface area contributed by atoms with Gasteiger partial charge in [-0.2, -0.15) is 0 Å². The van der Waals surface area contributed by atoms with Crippen molar-refractivity contribution in [2.75, 3.05) is 0 Å². The number of rotatable bonds is 9. The Morgan fingerprint density at radius 2 is 1.96 bits per heavy atom. The van der Waals surface area contributed by atoms with Gasteiger partial charge in [-0.3, -0.25) is 10.1 Å². The van der Waals surface area contributed by atoms with Gasteiger partial charge in [0.15, 0.2) is 5.16 Å². The molecule has 0 saturated heterocycles. The Balaban J connectivity index is 2.28. The first-order valence-corrected chi connectivity index (χ1v) is 10.0. The number of hydrogen-bond donors (Lipinski definition) is 2. The summed E-state index contributed by atoms with van der Waals surface area (Å²) in [5.41, 5.74) is 7.10. The SMILES string of the molecule is CCCCCCn1c(S[C@H](C(=O)NC(N)=O)C(C)C)nc2ccccc21. The van der Waals surface area contributed by atoms with Gasteiger partial charge in [-0.15, -0.1) is 0 Å². The summed E-state index contributed by atoms with van der Waals surface area (Å²) in [6, 6.07) is 7.18. The molecule has 0 aliphatic rings. The van der Waals surface area contributed by atoms with E-state index in [0.29, 0.717) is 0 Å². The summed E-state index contributed by atoms with van der Waals surface area (Å²) < 4.78 is 2.18. The number of primary amides is 1. The number of amides is 3. The number of fused-ring (bicyclic) bond motifs is 1. The van der Waals surface area contributed by atoms with Crippen LogP contribution >= 0.6 is 11.8 Å². The van der Waals surface area contributed by atoms with Gasteiger partial charge in [0, 0.05) is 6.54 Å². The van der Waals surface area contributed by atoms with Crippen LogP contribution in [0.4, 0.5) is 4.79 Å². The van der Waals surface area contributed by atoms with E-state index in [-0.39, 0.29) is 11.8 Å². The van der Waals surface area contributed by atoms with Crippen LogP contribution in [0.25, 0.3) is 11.0 Å². The predicted octanol–water partition coefficient (Wildman–Crippen LogP) is 3.93. The number of aryl methyl sites for hydroxylation is 1. The van der Waals surface area contributed by atoms with Crippen LogP contribution in [0, 0.1) is 5.92 Å². The maximum atomic E-state index is 12.4. The van der Waals surface area contributed by atoms with Crippen molar-refractivity contribution < 1.29 is 9.59 Å². The number of aromatic nitrogens is 2. The number of hydrogen-bond acceptors (Lipinski definition) is 4. The second kappa shape index (κ2) is 9.62. The number of nitrogens with one attached hydrogen (secondary N) is 1. The van der Waals surface area contributed by atoms with E-state index in [4.69, 9.17) is 10.7 Å². The summed E-state index contributed by atoms with van der Waals surface area (Å²) in [7, 11) is 0. The molecule has 0 aliphatic heterocycles. The molecule has 0 aliphatic carbocycles. The number of imide groups is 1. The molecule has 3 amide bonds. The number of carbonyl (C=O) groups excluding carboxylic acids is 2. The average molecular weight is 377 g/mol. The highest BCUT2D eigenvalue weighted by atomic mass is 32.2. The third-order valence-corrected chi connectivity index (χ3v) is 5.73. The highest BCUT2D eigenvalue weighted by molar-refractivity contribution is 8.00. The van der Waals surface area contributed by atoms with Crippen molar-refractivity contribution in [1.82, 2.24) is 14.9 Å². The summed E-state index contributed by atoms with van der Waals surface area (Å²) in [5.74, 6) is -0.338. The molecule has 142 valence electrons. The van der Waals surface area contributed by atoms with E-state index in [1.54, 1.807) is 0 Å². The van der Waals surface area contributed by atoms with Gasteiger partial charge in [0.2, 0.25) is 5.91 Å². The molecule has 1 heterocycles. The highest BCUT2D eigenvalue weighted by Crippen LogP contribution is 2.31. The van der Waals surface area contributed by atoms with Crippen molar-refractivity contribution in [1.29, 1.82) is 0 Å². The van der Waals surface area contributed by atoms with Gasteiger partial charge in [0.1, 0.15) is 0 Å². The molecule has 1 aromatic carbocycles. The number of para-hydroxylation sites is 2. The number of thioether (sulfide) groups is 1. The minimum Gasteiger partial charge on any atom is -0.351 e. The lowest BCUT2D eigenvalue weighted by molar-refractivity contribution is -0.120. The predicted molar refractivity (Wildman–Crippen MR) is 106 cm³/mol. The minimum atomic E-state index is -0.825. The van der Waals surface area contributed by atoms with Gasteiger partial charge in [-0.05, 0) is 24.5 Å². The maximum absolute atomic E-state index is 12.4. The number of nitrogens with two attached hydrogens (primary N) is 1. The fourth-order valence-electron chi connectivity index (χ4n) is 2.85. The molecule has 0 fully saturated rings. The molecule has 1 atom stereocenters. The number of unbranched alkanes of at least 4 members (excludes halogenated alkanes) is 3. The maximum Gasteiger partial charge on any atom is 0.318 e. The van der Waals surface area contributed by atoms with Gasteiger partial charge in [-0.25, -0.2) is 9.78 Å². The van der Waals surface area contributed by atoms with Crippen LogP contribution in [0.3, 0.4) is 0 Å². The molecule has 0 radical (unpaired) electrons. The summed E-state index contributed by atoms with van der Waals surface area (Å²) in [6.07, 6.45) is 4.64. The van der Waals surface area contributed by atoms with Crippen LogP contribution in [0.1, 0.15) is 46.5 Å². The van der Waals surface area contributed by atoms with E-state index in [9.17, 15) is 9.59 Å². The van der Waals surface area contributed by atoms with E-state index in [2.05, 4.69) is 22.9 Å². The van der Waals surface area contributed by atoms with Gasteiger partial charge in [-0.1, -0.05) is 63.9 Å². The molecule has 0 spiro atoms. The zero-order valence-corrected chi connectivity index (χ0v) is 16.5. The summed E-state index contributed by atoms with van der Waals surface area (Å²) in [6.45, 7) is 6.96. The van der Waals surface area contributed by atoms with Crippen molar-refractivity contribution in [3.8, 4) is 0 Å². The first-order chi connectivity index (χ1) is 12.4. The van der Waals surface area contributed by atoms with E-state index in [0.717, 1.165) is 29.2 Å². The average Bonchev–Trinajstić information content (AvgIpc) is 2.93. The lowest BCUT2D eigenvalue weighted by Gasteiger charge is -2.19. The van der Waals surface area contributed by atoms with Crippen molar-refractivity contribution in [3.05, 3.63) is 24.3 Å². The smallest absolute Gasteiger partial charge is 0.318 e. The van der Waals surface area contributed by atoms with Gasteiger partial charge < -0.3 is 10.3 Å². The molecule has 7 heteroatoms. The topological polar surface area (TPSA) is 90.0 Å². The second-order valence-corrected chi connectivity index (χ2v) is 7.84. The van der Waals surface area contributed by atoms with Crippen molar-refractivity contribution >= 4 is 34.7 Å². The number of imidazole rings is 1. The molecule has 2 rings (SSSR count). The first kappa shape index (κ1) is 20.3.